The normalized spacial score (nSPS) is 22.1. The summed E-state index contributed by atoms with van der Waals surface area (Å²) in [4.78, 5) is 16.8. The molecule has 0 aromatic heterocycles. The van der Waals surface area contributed by atoms with E-state index in [2.05, 4.69) is 51.6 Å². The Hall–Kier alpha value is -1.75. The third kappa shape index (κ3) is 5.63. The van der Waals surface area contributed by atoms with Gasteiger partial charge in [0.15, 0.2) is 0 Å². The molecule has 1 aromatic rings. The second-order valence-electron chi connectivity index (χ2n) is 7.60. The van der Waals surface area contributed by atoms with Crippen LogP contribution in [0.5, 0.6) is 0 Å². The molecule has 2 amide bonds. The van der Waals surface area contributed by atoms with Crippen LogP contribution in [0.25, 0.3) is 0 Å². The van der Waals surface area contributed by atoms with Gasteiger partial charge in [-0.05, 0) is 56.3 Å². The maximum Gasteiger partial charge on any atom is 0.314 e. The maximum absolute atomic E-state index is 12.0. The first-order valence-electron chi connectivity index (χ1n) is 9.75. The quantitative estimate of drug-likeness (QED) is 0.834. The number of hydrogen-bond acceptors (Lipinski definition) is 3. The van der Waals surface area contributed by atoms with Crippen LogP contribution < -0.4 is 15.5 Å². The summed E-state index contributed by atoms with van der Waals surface area (Å²) in [6.07, 6.45) is 3.71. The number of rotatable bonds is 6. The number of para-hydroxylation sites is 1. The van der Waals surface area contributed by atoms with Crippen molar-refractivity contribution in [1.29, 1.82) is 0 Å². The highest BCUT2D eigenvalue weighted by Crippen LogP contribution is 2.22. The van der Waals surface area contributed by atoms with Crippen LogP contribution in [0.15, 0.2) is 30.3 Å². The summed E-state index contributed by atoms with van der Waals surface area (Å²) in [6, 6.07) is 10.5. The third-order valence-corrected chi connectivity index (χ3v) is 5.55. The third-order valence-electron chi connectivity index (χ3n) is 5.55. The lowest BCUT2D eigenvalue weighted by Gasteiger charge is -2.30. The molecule has 5 heteroatoms. The summed E-state index contributed by atoms with van der Waals surface area (Å²) in [5, 5.41) is 6.05. The van der Waals surface area contributed by atoms with Crippen LogP contribution in [0.4, 0.5) is 10.5 Å². The Kier molecular flexibility index (Phi) is 6.56. The first-order chi connectivity index (χ1) is 12.2. The van der Waals surface area contributed by atoms with E-state index in [9.17, 15) is 4.79 Å². The molecule has 0 saturated carbocycles. The second kappa shape index (κ2) is 9.09. The number of nitrogens with zero attached hydrogens (tertiary/aromatic N) is 2. The molecule has 0 aliphatic carbocycles. The number of urea groups is 1. The van der Waals surface area contributed by atoms with Gasteiger partial charge in [-0.1, -0.05) is 25.1 Å². The summed E-state index contributed by atoms with van der Waals surface area (Å²) < 4.78 is 0. The van der Waals surface area contributed by atoms with E-state index in [1.165, 1.54) is 31.6 Å². The SMILES string of the molecule is CC1CCN(CCNC(=O)NC[C@H]2CCN(c3ccccc3)C2)CC1. The monoisotopic (exact) mass is 344 g/mol. The minimum absolute atomic E-state index is 0.0245. The largest absolute Gasteiger partial charge is 0.371 e. The molecule has 3 rings (SSSR count). The maximum atomic E-state index is 12.0. The number of amides is 2. The van der Waals surface area contributed by atoms with Crippen LogP contribution in [-0.2, 0) is 0 Å². The van der Waals surface area contributed by atoms with Gasteiger partial charge in [0.1, 0.15) is 0 Å². The van der Waals surface area contributed by atoms with Gasteiger partial charge in [-0.2, -0.15) is 0 Å². The van der Waals surface area contributed by atoms with Gasteiger partial charge >= 0.3 is 6.03 Å². The fourth-order valence-electron chi connectivity index (χ4n) is 3.79. The van der Waals surface area contributed by atoms with E-state index in [0.717, 1.165) is 45.1 Å². The van der Waals surface area contributed by atoms with E-state index in [-0.39, 0.29) is 6.03 Å². The van der Waals surface area contributed by atoms with Crippen LogP contribution in [0.2, 0.25) is 0 Å². The van der Waals surface area contributed by atoms with E-state index in [0.29, 0.717) is 5.92 Å². The van der Waals surface area contributed by atoms with Crippen molar-refractivity contribution in [2.75, 3.05) is 50.7 Å². The lowest BCUT2D eigenvalue weighted by atomic mass is 9.99. The molecule has 25 heavy (non-hydrogen) atoms. The molecular formula is C20H32N4O. The molecule has 138 valence electrons. The summed E-state index contributed by atoms with van der Waals surface area (Å²) in [6.45, 7) is 9.22. The standard InChI is InChI=1S/C20H32N4O/c1-17-7-11-23(12-8-17)14-10-21-20(25)22-15-18-9-13-24(16-18)19-5-3-2-4-6-19/h2-6,17-18H,7-16H2,1H3,(H2,21,22,25)/t18-/m1/s1. The average Bonchev–Trinajstić information content (AvgIpc) is 3.11. The molecule has 5 nitrogen and oxygen atoms in total. The molecule has 2 saturated heterocycles. The molecule has 2 N–H and O–H groups in total. The van der Waals surface area contributed by atoms with Crippen molar-refractivity contribution in [3.05, 3.63) is 30.3 Å². The molecule has 2 aliphatic rings. The van der Waals surface area contributed by atoms with Crippen LogP contribution >= 0.6 is 0 Å². The fourth-order valence-corrected chi connectivity index (χ4v) is 3.79. The van der Waals surface area contributed by atoms with Crippen LogP contribution in [0.3, 0.4) is 0 Å². The molecule has 1 atom stereocenters. The summed E-state index contributed by atoms with van der Waals surface area (Å²) in [7, 11) is 0. The van der Waals surface area contributed by atoms with Crippen LogP contribution in [0, 0.1) is 11.8 Å². The van der Waals surface area contributed by atoms with Crippen molar-refractivity contribution < 1.29 is 4.79 Å². The minimum atomic E-state index is -0.0245. The molecule has 2 fully saturated rings. The Labute approximate surface area is 151 Å². The molecule has 2 heterocycles. The van der Waals surface area contributed by atoms with Crippen molar-refractivity contribution >= 4 is 11.7 Å². The second-order valence-corrected chi connectivity index (χ2v) is 7.60. The van der Waals surface area contributed by atoms with Crippen LogP contribution in [0.1, 0.15) is 26.2 Å². The van der Waals surface area contributed by atoms with Crippen molar-refractivity contribution in [2.24, 2.45) is 11.8 Å². The highest BCUT2D eigenvalue weighted by Gasteiger charge is 2.23. The molecular weight excluding hydrogens is 312 g/mol. The van der Waals surface area contributed by atoms with Gasteiger partial charge in [0, 0.05) is 38.4 Å². The van der Waals surface area contributed by atoms with E-state index in [4.69, 9.17) is 0 Å². The number of anilines is 1. The predicted molar refractivity (Wildman–Crippen MR) is 103 cm³/mol. The molecule has 0 bridgehead atoms. The van der Waals surface area contributed by atoms with Crippen molar-refractivity contribution in [3.63, 3.8) is 0 Å². The van der Waals surface area contributed by atoms with Crippen molar-refractivity contribution in [1.82, 2.24) is 15.5 Å². The minimum Gasteiger partial charge on any atom is -0.371 e. The van der Waals surface area contributed by atoms with Gasteiger partial charge in [-0.25, -0.2) is 4.79 Å². The molecule has 0 unspecified atom stereocenters. The number of hydrogen-bond donors (Lipinski definition) is 2. The van der Waals surface area contributed by atoms with Gasteiger partial charge < -0.3 is 20.4 Å². The summed E-state index contributed by atoms with van der Waals surface area (Å²) in [5.74, 6) is 1.39. The first-order valence-corrected chi connectivity index (χ1v) is 9.75. The lowest BCUT2D eigenvalue weighted by Crippen LogP contribution is -2.43. The van der Waals surface area contributed by atoms with E-state index >= 15 is 0 Å². The number of carbonyl (C=O) groups excluding carboxylic acids is 1. The van der Waals surface area contributed by atoms with Crippen molar-refractivity contribution in [3.8, 4) is 0 Å². The highest BCUT2D eigenvalue weighted by molar-refractivity contribution is 5.73. The average molecular weight is 345 g/mol. The van der Waals surface area contributed by atoms with Crippen LogP contribution in [-0.4, -0.2) is 56.7 Å². The number of carbonyl (C=O) groups is 1. The number of benzene rings is 1. The molecule has 0 spiro atoms. The van der Waals surface area contributed by atoms with Gasteiger partial charge in [-0.3, -0.25) is 0 Å². The zero-order valence-electron chi connectivity index (χ0n) is 15.4. The van der Waals surface area contributed by atoms with Gasteiger partial charge in [0.2, 0.25) is 0 Å². The summed E-state index contributed by atoms with van der Waals surface area (Å²) in [5.41, 5.74) is 1.28. The first kappa shape index (κ1) is 18.1. The molecule has 0 radical (unpaired) electrons. The summed E-state index contributed by atoms with van der Waals surface area (Å²) >= 11 is 0. The lowest BCUT2D eigenvalue weighted by molar-refractivity contribution is 0.191. The Bertz CT molecular complexity index is 528. The number of likely N-dealkylation sites (tertiary alicyclic amines) is 1. The highest BCUT2D eigenvalue weighted by atomic mass is 16.2. The van der Waals surface area contributed by atoms with Gasteiger partial charge in [0.25, 0.3) is 0 Å². The van der Waals surface area contributed by atoms with Gasteiger partial charge in [0.05, 0.1) is 0 Å². The Morgan fingerprint density at radius 1 is 1.08 bits per heavy atom. The predicted octanol–water partition coefficient (Wildman–Crippen LogP) is 2.54. The zero-order chi connectivity index (χ0) is 17.5. The van der Waals surface area contributed by atoms with Gasteiger partial charge in [-0.15, -0.1) is 0 Å². The number of nitrogens with one attached hydrogen (secondary N) is 2. The smallest absolute Gasteiger partial charge is 0.314 e. The fraction of sp³-hybridized carbons (Fsp3) is 0.650. The van der Waals surface area contributed by atoms with Crippen molar-refractivity contribution in [2.45, 2.75) is 26.2 Å². The number of piperidine rings is 1. The molecule has 2 aliphatic heterocycles. The van der Waals surface area contributed by atoms with E-state index in [1.54, 1.807) is 0 Å². The Morgan fingerprint density at radius 3 is 2.60 bits per heavy atom. The van der Waals surface area contributed by atoms with E-state index in [1.807, 2.05) is 6.07 Å². The topological polar surface area (TPSA) is 47.6 Å². The Balaban J connectivity index is 1.28. The zero-order valence-corrected chi connectivity index (χ0v) is 15.4. The Morgan fingerprint density at radius 2 is 1.84 bits per heavy atom. The molecule has 1 aromatic carbocycles. The van der Waals surface area contributed by atoms with E-state index < -0.39 is 0 Å².